The smallest absolute Gasteiger partial charge is 0.140 e. The zero-order valence-electron chi connectivity index (χ0n) is 9.98. The Morgan fingerprint density at radius 1 is 1.44 bits per heavy atom. The Morgan fingerprint density at radius 2 is 2.25 bits per heavy atom. The Bertz CT molecular complexity index is 371. The van der Waals surface area contributed by atoms with Crippen molar-refractivity contribution in [2.24, 2.45) is 5.92 Å². The second-order valence-electron chi connectivity index (χ2n) is 3.90. The molecule has 16 heavy (non-hydrogen) atoms. The highest BCUT2D eigenvalue weighted by molar-refractivity contribution is 5.48. The van der Waals surface area contributed by atoms with Crippen molar-refractivity contribution in [1.82, 2.24) is 4.98 Å². The minimum atomic E-state index is 0.470. The predicted octanol–water partition coefficient (Wildman–Crippen LogP) is 3.79. The van der Waals surface area contributed by atoms with Gasteiger partial charge in [0.15, 0.2) is 0 Å². The number of allylic oxidation sites excluding steroid dienone is 1. The summed E-state index contributed by atoms with van der Waals surface area (Å²) in [7, 11) is 0. The molecule has 1 heterocycles. The summed E-state index contributed by atoms with van der Waals surface area (Å²) in [5.41, 5.74) is 1.53. The third-order valence-corrected chi connectivity index (χ3v) is 2.65. The molecular formula is C14H18N2. The molecular weight excluding hydrogens is 196 g/mol. The van der Waals surface area contributed by atoms with Gasteiger partial charge in [-0.05, 0) is 30.4 Å². The van der Waals surface area contributed by atoms with E-state index in [0.717, 1.165) is 5.56 Å². The van der Waals surface area contributed by atoms with E-state index in [2.05, 4.69) is 31.0 Å². The lowest BCUT2D eigenvalue weighted by Crippen LogP contribution is -1.92. The van der Waals surface area contributed by atoms with Gasteiger partial charge in [-0.1, -0.05) is 38.5 Å². The standard InChI is InChI=1S/C14H18N2/c1-3-5-12(4-2)6-7-13-8-9-14(10-15)16-11-13/h6-9,11-12H,3-5H2,1-2H3/b7-6-. The second kappa shape index (κ2) is 6.79. The molecule has 2 nitrogen and oxygen atoms in total. The average molecular weight is 214 g/mol. The summed E-state index contributed by atoms with van der Waals surface area (Å²) in [6.45, 7) is 4.42. The molecule has 0 aliphatic heterocycles. The van der Waals surface area contributed by atoms with Crippen molar-refractivity contribution >= 4 is 6.08 Å². The molecule has 84 valence electrons. The normalized spacial score (nSPS) is 12.6. The Hall–Kier alpha value is -1.62. The van der Waals surface area contributed by atoms with Crippen LogP contribution in [0, 0.1) is 17.2 Å². The zero-order chi connectivity index (χ0) is 11.8. The molecule has 0 aromatic carbocycles. The Labute approximate surface area is 97.6 Å². The molecule has 2 heteroatoms. The van der Waals surface area contributed by atoms with Gasteiger partial charge in [-0.15, -0.1) is 0 Å². The fraction of sp³-hybridized carbons (Fsp3) is 0.429. The van der Waals surface area contributed by atoms with Crippen molar-refractivity contribution in [3.63, 3.8) is 0 Å². The van der Waals surface area contributed by atoms with E-state index in [1.54, 1.807) is 12.3 Å². The van der Waals surface area contributed by atoms with E-state index in [0.29, 0.717) is 11.6 Å². The maximum absolute atomic E-state index is 8.62. The number of nitriles is 1. The molecule has 0 aliphatic rings. The van der Waals surface area contributed by atoms with Gasteiger partial charge < -0.3 is 0 Å². The summed E-state index contributed by atoms with van der Waals surface area (Å²) in [6, 6.07) is 5.70. The first-order valence-electron chi connectivity index (χ1n) is 5.84. The van der Waals surface area contributed by atoms with Crippen molar-refractivity contribution in [1.29, 1.82) is 5.26 Å². The zero-order valence-corrected chi connectivity index (χ0v) is 9.98. The van der Waals surface area contributed by atoms with E-state index in [-0.39, 0.29) is 0 Å². The van der Waals surface area contributed by atoms with Crippen LogP contribution in [0.15, 0.2) is 24.4 Å². The molecule has 1 aromatic rings. The van der Waals surface area contributed by atoms with Crippen LogP contribution in [0.5, 0.6) is 0 Å². The van der Waals surface area contributed by atoms with Crippen molar-refractivity contribution < 1.29 is 0 Å². The minimum absolute atomic E-state index is 0.470. The quantitative estimate of drug-likeness (QED) is 0.747. The third kappa shape index (κ3) is 3.86. The van der Waals surface area contributed by atoms with Gasteiger partial charge in [0.1, 0.15) is 11.8 Å². The van der Waals surface area contributed by atoms with Crippen molar-refractivity contribution in [3.05, 3.63) is 35.7 Å². The van der Waals surface area contributed by atoms with Gasteiger partial charge >= 0.3 is 0 Å². The molecule has 1 rings (SSSR count). The molecule has 1 atom stereocenters. The maximum atomic E-state index is 8.62. The lowest BCUT2D eigenvalue weighted by molar-refractivity contribution is 0.565. The molecule has 0 fully saturated rings. The van der Waals surface area contributed by atoms with Crippen molar-refractivity contribution in [3.8, 4) is 6.07 Å². The topological polar surface area (TPSA) is 36.7 Å². The van der Waals surface area contributed by atoms with Crippen LogP contribution < -0.4 is 0 Å². The van der Waals surface area contributed by atoms with E-state index in [1.807, 2.05) is 12.1 Å². The van der Waals surface area contributed by atoms with Gasteiger partial charge in [0, 0.05) is 6.20 Å². The van der Waals surface area contributed by atoms with Gasteiger partial charge in [-0.3, -0.25) is 0 Å². The largest absolute Gasteiger partial charge is 0.245 e. The first kappa shape index (κ1) is 12.4. The van der Waals surface area contributed by atoms with Crippen LogP contribution in [-0.4, -0.2) is 4.98 Å². The summed E-state index contributed by atoms with van der Waals surface area (Å²) < 4.78 is 0. The summed E-state index contributed by atoms with van der Waals surface area (Å²) in [5, 5.41) is 8.62. The lowest BCUT2D eigenvalue weighted by atomic mass is 9.99. The lowest BCUT2D eigenvalue weighted by Gasteiger charge is -2.06. The van der Waals surface area contributed by atoms with E-state index in [4.69, 9.17) is 5.26 Å². The van der Waals surface area contributed by atoms with Crippen LogP contribution >= 0.6 is 0 Å². The van der Waals surface area contributed by atoms with Crippen LogP contribution in [-0.2, 0) is 0 Å². The molecule has 0 saturated heterocycles. The van der Waals surface area contributed by atoms with Crippen LogP contribution in [0.25, 0.3) is 6.08 Å². The number of hydrogen-bond acceptors (Lipinski definition) is 2. The van der Waals surface area contributed by atoms with Crippen LogP contribution in [0.1, 0.15) is 44.4 Å². The molecule has 0 N–H and O–H groups in total. The van der Waals surface area contributed by atoms with Crippen LogP contribution in [0.4, 0.5) is 0 Å². The summed E-state index contributed by atoms with van der Waals surface area (Å²) in [5.74, 6) is 0.653. The molecule has 0 bridgehead atoms. The summed E-state index contributed by atoms with van der Waals surface area (Å²) >= 11 is 0. The number of hydrogen-bond donors (Lipinski definition) is 0. The monoisotopic (exact) mass is 214 g/mol. The summed E-state index contributed by atoms with van der Waals surface area (Å²) in [4.78, 5) is 4.03. The van der Waals surface area contributed by atoms with E-state index >= 15 is 0 Å². The Balaban J connectivity index is 2.64. The highest BCUT2D eigenvalue weighted by atomic mass is 14.7. The number of nitrogens with zero attached hydrogens (tertiary/aromatic N) is 2. The molecule has 0 aliphatic carbocycles. The fourth-order valence-electron chi connectivity index (χ4n) is 1.62. The molecule has 0 amide bonds. The van der Waals surface area contributed by atoms with E-state index < -0.39 is 0 Å². The highest BCUT2D eigenvalue weighted by Gasteiger charge is 1.99. The minimum Gasteiger partial charge on any atom is -0.245 e. The molecule has 1 unspecified atom stereocenters. The van der Waals surface area contributed by atoms with Crippen molar-refractivity contribution in [2.45, 2.75) is 33.1 Å². The van der Waals surface area contributed by atoms with Gasteiger partial charge in [-0.2, -0.15) is 5.26 Å². The Kier molecular flexibility index (Phi) is 5.28. The first-order valence-corrected chi connectivity index (χ1v) is 5.84. The van der Waals surface area contributed by atoms with Crippen molar-refractivity contribution in [2.75, 3.05) is 0 Å². The van der Waals surface area contributed by atoms with Gasteiger partial charge in [0.2, 0.25) is 0 Å². The fourth-order valence-corrected chi connectivity index (χ4v) is 1.62. The molecule has 0 saturated carbocycles. The van der Waals surface area contributed by atoms with Gasteiger partial charge in [0.05, 0.1) is 0 Å². The van der Waals surface area contributed by atoms with Gasteiger partial charge in [0.25, 0.3) is 0 Å². The van der Waals surface area contributed by atoms with E-state index in [1.165, 1.54) is 19.3 Å². The second-order valence-corrected chi connectivity index (χ2v) is 3.90. The van der Waals surface area contributed by atoms with Gasteiger partial charge in [-0.25, -0.2) is 4.98 Å². The number of aromatic nitrogens is 1. The van der Waals surface area contributed by atoms with Crippen LogP contribution in [0.3, 0.4) is 0 Å². The third-order valence-electron chi connectivity index (χ3n) is 2.65. The molecule has 0 radical (unpaired) electrons. The predicted molar refractivity (Wildman–Crippen MR) is 66.7 cm³/mol. The van der Waals surface area contributed by atoms with Crippen LogP contribution in [0.2, 0.25) is 0 Å². The molecule has 0 spiro atoms. The number of pyridine rings is 1. The maximum Gasteiger partial charge on any atom is 0.140 e. The first-order chi connectivity index (χ1) is 7.80. The molecule has 1 aromatic heterocycles. The summed E-state index contributed by atoms with van der Waals surface area (Å²) in [6.07, 6.45) is 9.71. The SMILES string of the molecule is CCCC(/C=C\c1ccc(C#N)nc1)CC. The number of rotatable bonds is 5. The average Bonchev–Trinajstić information content (AvgIpc) is 2.35. The van der Waals surface area contributed by atoms with E-state index in [9.17, 15) is 0 Å². The highest BCUT2D eigenvalue weighted by Crippen LogP contribution is 2.14. The Morgan fingerprint density at radius 3 is 2.75 bits per heavy atom.